The van der Waals surface area contributed by atoms with Gasteiger partial charge in [0.25, 0.3) is 0 Å². The Morgan fingerprint density at radius 2 is 1.71 bits per heavy atom. The first-order valence-corrected chi connectivity index (χ1v) is 6.15. The molecule has 1 N–H and O–H groups in total. The second-order valence-corrected chi connectivity index (χ2v) is 5.44. The molecule has 0 unspecified atom stereocenters. The van der Waals surface area contributed by atoms with Gasteiger partial charge in [-0.15, -0.1) is 0 Å². The Balaban J connectivity index is 0.000000280. The van der Waals surface area contributed by atoms with E-state index in [0.717, 1.165) is 12.5 Å². The van der Waals surface area contributed by atoms with E-state index >= 15 is 0 Å². The maximum Gasteiger partial charge on any atom is 0.0147 e. The molecule has 1 aliphatic rings. The number of nitrogens with one attached hydrogen (secondary N) is 1. The molecule has 1 rings (SSSR count). The van der Waals surface area contributed by atoms with Crippen LogP contribution in [0, 0.1) is 11.8 Å². The monoisotopic (exact) mass is 199 g/mol. The molecule has 1 heteroatoms. The SMILES string of the molecule is CC1CCC1.CCNC(C)(C)C(C)C. The molecular weight excluding hydrogens is 170 g/mol. The zero-order chi connectivity index (χ0) is 11.2. The van der Waals surface area contributed by atoms with Crippen LogP contribution in [0.2, 0.25) is 0 Å². The summed E-state index contributed by atoms with van der Waals surface area (Å²) in [5.74, 6) is 1.77. The molecule has 0 atom stereocenters. The van der Waals surface area contributed by atoms with Gasteiger partial charge in [-0.1, -0.05) is 47.0 Å². The van der Waals surface area contributed by atoms with Gasteiger partial charge in [0, 0.05) is 5.54 Å². The van der Waals surface area contributed by atoms with Crippen LogP contribution >= 0.6 is 0 Å². The molecule has 1 aliphatic carbocycles. The van der Waals surface area contributed by atoms with Crippen molar-refractivity contribution in [2.45, 2.75) is 66.3 Å². The summed E-state index contributed by atoms with van der Waals surface area (Å²) >= 11 is 0. The summed E-state index contributed by atoms with van der Waals surface area (Å²) in [6, 6.07) is 0. The van der Waals surface area contributed by atoms with Gasteiger partial charge in [-0.05, 0) is 32.2 Å². The Morgan fingerprint density at radius 1 is 1.29 bits per heavy atom. The molecule has 1 nitrogen and oxygen atoms in total. The summed E-state index contributed by atoms with van der Waals surface area (Å²) in [5.41, 5.74) is 0.300. The quantitative estimate of drug-likeness (QED) is 0.728. The fourth-order valence-electron chi connectivity index (χ4n) is 1.27. The van der Waals surface area contributed by atoms with Gasteiger partial charge in [0.05, 0.1) is 0 Å². The van der Waals surface area contributed by atoms with E-state index in [4.69, 9.17) is 0 Å². The van der Waals surface area contributed by atoms with E-state index in [1.807, 2.05) is 0 Å². The molecule has 1 saturated carbocycles. The lowest BCUT2D eigenvalue weighted by Gasteiger charge is -2.30. The van der Waals surface area contributed by atoms with Crippen LogP contribution < -0.4 is 5.32 Å². The molecule has 0 aliphatic heterocycles. The molecule has 0 aromatic rings. The number of rotatable bonds is 3. The highest BCUT2D eigenvalue weighted by molar-refractivity contribution is 4.79. The number of hydrogen-bond donors (Lipinski definition) is 1. The molecule has 0 radical (unpaired) electrons. The smallest absolute Gasteiger partial charge is 0.0147 e. The van der Waals surface area contributed by atoms with Gasteiger partial charge in [0.15, 0.2) is 0 Å². The zero-order valence-electron chi connectivity index (χ0n) is 11.0. The van der Waals surface area contributed by atoms with Gasteiger partial charge in [0.1, 0.15) is 0 Å². The third kappa shape index (κ3) is 5.64. The van der Waals surface area contributed by atoms with E-state index in [1.165, 1.54) is 19.3 Å². The lowest BCUT2D eigenvalue weighted by Crippen LogP contribution is -2.43. The molecule has 86 valence electrons. The Bertz CT molecular complexity index is 134. The fourth-order valence-corrected chi connectivity index (χ4v) is 1.27. The molecular formula is C13H29N. The van der Waals surface area contributed by atoms with Crippen molar-refractivity contribution < 1.29 is 0 Å². The van der Waals surface area contributed by atoms with Crippen molar-refractivity contribution in [2.75, 3.05) is 6.54 Å². The molecule has 0 saturated heterocycles. The molecule has 0 bridgehead atoms. The molecule has 0 spiro atoms. The van der Waals surface area contributed by atoms with Crippen molar-refractivity contribution in [3.05, 3.63) is 0 Å². The maximum absolute atomic E-state index is 3.42. The molecule has 0 amide bonds. The minimum atomic E-state index is 0.300. The second kappa shape index (κ2) is 6.44. The zero-order valence-corrected chi connectivity index (χ0v) is 11.0. The molecule has 0 aromatic carbocycles. The van der Waals surface area contributed by atoms with E-state index in [2.05, 4.69) is 46.9 Å². The van der Waals surface area contributed by atoms with Crippen molar-refractivity contribution in [1.29, 1.82) is 0 Å². The Hall–Kier alpha value is -0.0400. The van der Waals surface area contributed by atoms with Gasteiger partial charge in [-0.3, -0.25) is 0 Å². The van der Waals surface area contributed by atoms with Gasteiger partial charge in [-0.2, -0.15) is 0 Å². The summed E-state index contributed by atoms with van der Waals surface area (Å²) in [7, 11) is 0. The summed E-state index contributed by atoms with van der Waals surface area (Å²) < 4.78 is 0. The minimum absolute atomic E-state index is 0.300. The van der Waals surface area contributed by atoms with Gasteiger partial charge in [-0.25, -0.2) is 0 Å². The fraction of sp³-hybridized carbons (Fsp3) is 1.00. The molecule has 1 fully saturated rings. The standard InChI is InChI=1S/C8H19N.C5H10/c1-6-9-8(4,5)7(2)3;1-5-3-2-4-5/h7,9H,6H2,1-5H3;5H,2-4H2,1H3. The maximum atomic E-state index is 3.42. The van der Waals surface area contributed by atoms with E-state index < -0.39 is 0 Å². The minimum Gasteiger partial charge on any atom is -0.312 e. The Labute approximate surface area is 90.7 Å². The topological polar surface area (TPSA) is 12.0 Å². The van der Waals surface area contributed by atoms with Crippen molar-refractivity contribution in [1.82, 2.24) is 5.32 Å². The number of hydrogen-bond acceptors (Lipinski definition) is 1. The summed E-state index contributed by atoms with van der Waals surface area (Å²) in [6.07, 6.45) is 4.46. The first-order valence-electron chi connectivity index (χ1n) is 6.15. The van der Waals surface area contributed by atoms with E-state index in [0.29, 0.717) is 11.5 Å². The van der Waals surface area contributed by atoms with Crippen molar-refractivity contribution >= 4 is 0 Å². The van der Waals surface area contributed by atoms with E-state index in [9.17, 15) is 0 Å². The van der Waals surface area contributed by atoms with E-state index in [-0.39, 0.29) is 0 Å². The first kappa shape index (κ1) is 14.0. The average Bonchev–Trinajstić information content (AvgIpc) is 2.01. The predicted molar refractivity (Wildman–Crippen MR) is 65.6 cm³/mol. The highest BCUT2D eigenvalue weighted by Crippen LogP contribution is 2.24. The van der Waals surface area contributed by atoms with Gasteiger partial charge in [0.2, 0.25) is 0 Å². The molecule has 0 heterocycles. The summed E-state index contributed by atoms with van der Waals surface area (Å²) in [4.78, 5) is 0. The van der Waals surface area contributed by atoms with Gasteiger partial charge >= 0.3 is 0 Å². The van der Waals surface area contributed by atoms with Crippen LogP contribution in [0.25, 0.3) is 0 Å². The average molecular weight is 199 g/mol. The van der Waals surface area contributed by atoms with Crippen LogP contribution in [-0.2, 0) is 0 Å². The van der Waals surface area contributed by atoms with Crippen molar-refractivity contribution in [3.63, 3.8) is 0 Å². The van der Waals surface area contributed by atoms with Crippen LogP contribution in [-0.4, -0.2) is 12.1 Å². The summed E-state index contributed by atoms with van der Waals surface area (Å²) in [5, 5.41) is 3.42. The summed E-state index contributed by atoms with van der Waals surface area (Å²) in [6.45, 7) is 14.5. The highest BCUT2D eigenvalue weighted by atomic mass is 14.9. The predicted octanol–water partition coefficient (Wildman–Crippen LogP) is 3.84. The van der Waals surface area contributed by atoms with Crippen LogP contribution in [0.1, 0.15) is 60.8 Å². The van der Waals surface area contributed by atoms with Crippen LogP contribution in [0.4, 0.5) is 0 Å². The molecule has 14 heavy (non-hydrogen) atoms. The van der Waals surface area contributed by atoms with Gasteiger partial charge < -0.3 is 5.32 Å². The lowest BCUT2D eigenvalue weighted by molar-refractivity contribution is 0.294. The Kier molecular flexibility index (Phi) is 6.43. The highest BCUT2D eigenvalue weighted by Gasteiger charge is 2.19. The largest absolute Gasteiger partial charge is 0.312 e. The van der Waals surface area contributed by atoms with Crippen LogP contribution in [0.5, 0.6) is 0 Å². The second-order valence-electron chi connectivity index (χ2n) is 5.44. The normalized spacial score (nSPS) is 17.4. The third-order valence-electron chi connectivity index (χ3n) is 3.47. The first-order chi connectivity index (χ1) is 6.40. The van der Waals surface area contributed by atoms with Crippen molar-refractivity contribution in [3.8, 4) is 0 Å². The van der Waals surface area contributed by atoms with E-state index in [1.54, 1.807) is 0 Å². The van der Waals surface area contributed by atoms with Crippen molar-refractivity contribution in [2.24, 2.45) is 11.8 Å². The van der Waals surface area contributed by atoms with Crippen LogP contribution in [0.15, 0.2) is 0 Å². The third-order valence-corrected chi connectivity index (χ3v) is 3.47. The molecule has 0 aromatic heterocycles. The van der Waals surface area contributed by atoms with Crippen LogP contribution in [0.3, 0.4) is 0 Å². The lowest BCUT2D eigenvalue weighted by atomic mass is 9.88. The Morgan fingerprint density at radius 3 is 1.79 bits per heavy atom.